The summed E-state index contributed by atoms with van der Waals surface area (Å²) in [4.78, 5) is 20.3. The number of rotatable bonds is 13. The maximum Gasteiger partial charge on any atom is 0.319 e. The first kappa shape index (κ1) is 34.8. The Morgan fingerprint density at radius 2 is 1.83 bits per heavy atom. The van der Waals surface area contributed by atoms with Crippen LogP contribution in [0.3, 0.4) is 0 Å². The largest absolute Gasteiger partial charge is 0.465 e. The molecule has 0 radical (unpaired) electrons. The summed E-state index contributed by atoms with van der Waals surface area (Å²) in [6, 6.07) is 13.4. The van der Waals surface area contributed by atoms with E-state index < -0.39 is 43.3 Å². The van der Waals surface area contributed by atoms with E-state index in [1.54, 1.807) is 26.0 Å². The van der Waals surface area contributed by atoms with Crippen molar-refractivity contribution in [3.8, 4) is 11.1 Å². The van der Waals surface area contributed by atoms with Gasteiger partial charge in [0.15, 0.2) is 0 Å². The van der Waals surface area contributed by atoms with Gasteiger partial charge in [-0.15, -0.1) is 0 Å². The molecule has 244 valence electrons. The van der Waals surface area contributed by atoms with Crippen LogP contribution in [0.1, 0.15) is 13.8 Å². The molecule has 12 nitrogen and oxygen atoms in total. The first-order chi connectivity index (χ1) is 21.7. The maximum atomic E-state index is 15.3. The average molecular weight is 712 g/mol. The molecule has 0 aliphatic heterocycles. The topological polar surface area (TPSA) is 183 Å². The summed E-state index contributed by atoms with van der Waals surface area (Å²) < 4.78 is 68.8. The molecule has 0 saturated heterocycles. The molecule has 0 fully saturated rings. The van der Waals surface area contributed by atoms with Crippen LogP contribution >= 0.6 is 23.2 Å². The van der Waals surface area contributed by atoms with Gasteiger partial charge in [0.25, 0.3) is 10.0 Å². The lowest BCUT2D eigenvalue weighted by Crippen LogP contribution is -2.21. The standard InChI is InChI=1S/C29H29Cl2FN6O6S2/c1-3-44-26(40)16-45(33,41)20-10-8-19(9-11-20)36-29-34-14-21(28(37-29)35-17(2)15-39)18-7-12-24(23(32)13-18)38-46(42,43)25-6-4-5-22(30)27(25)31/h4-14,17,33,38-39H,3,15-16H2,1-2H3,(H2,34,35,36,37). The fourth-order valence-electron chi connectivity index (χ4n) is 4.04. The Morgan fingerprint density at radius 1 is 1.11 bits per heavy atom. The van der Waals surface area contributed by atoms with Crippen LogP contribution in [0.4, 0.5) is 27.5 Å². The molecule has 0 spiro atoms. The molecule has 0 amide bonds. The van der Waals surface area contributed by atoms with Crippen molar-refractivity contribution in [2.75, 3.05) is 34.3 Å². The van der Waals surface area contributed by atoms with Gasteiger partial charge in [-0.3, -0.25) is 9.52 Å². The fourth-order valence-corrected chi connectivity index (χ4v) is 7.03. The quantitative estimate of drug-likeness (QED) is 0.105. The highest BCUT2D eigenvalue weighted by Crippen LogP contribution is 2.33. The number of benzene rings is 3. The van der Waals surface area contributed by atoms with Gasteiger partial charge in [-0.2, -0.15) is 4.98 Å². The molecular weight excluding hydrogens is 682 g/mol. The highest BCUT2D eigenvalue weighted by atomic mass is 35.5. The molecule has 0 bridgehead atoms. The number of anilines is 4. The summed E-state index contributed by atoms with van der Waals surface area (Å²) >= 11 is 12.0. The number of aromatic nitrogens is 2. The number of halogens is 3. The number of aliphatic hydroxyl groups is 1. The zero-order valence-electron chi connectivity index (χ0n) is 24.4. The summed E-state index contributed by atoms with van der Waals surface area (Å²) in [6.07, 6.45) is 1.41. The minimum absolute atomic E-state index is 0.0248. The summed E-state index contributed by atoms with van der Waals surface area (Å²) in [5, 5.41) is 15.5. The molecule has 1 heterocycles. The number of aliphatic hydroxyl groups excluding tert-OH is 1. The van der Waals surface area contributed by atoms with Crippen molar-refractivity contribution in [3.05, 3.63) is 82.7 Å². The second kappa shape index (κ2) is 14.6. The minimum Gasteiger partial charge on any atom is -0.465 e. The van der Waals surface area contributed by atoms with Gasteiger partial charge in [0.1, 0.15) is 22.3 Å². The van der Waals surface area contributed by atoms with Gasteiger partial charge in [0.2, 0.25) is 5.95 Å². The molecule has 4 rings (SSSR count). The van der Waals surface area contributed by atoms with Crippen molar-refractivity contribution < 1.29 is 31.7 Å². The molecule has 5 N–H and O–H groups in total. The van der Waals surface area contributed by atoms with Gasteiger partial charge < -0.3 is 20.5 Å². The highest BCUT2D eigenvalue weighted by Gasteiger charge is 2.22. The molecule has 2 atom stereocenters. The van der Waals surface area contributed by atoms with E-state index in [4.69, 9.17) is 32.7 Å². The van der Waals surface area contributed by atoms with Crippen LogP contribution in [-0.4, -0.2) is 58.7 Å². The predicted molar refractivity (Wildman–Crippen MR) is 175 cm³/mol. The number of esters is 1. The Bertz CT molecular complexity index is 1970. The summed E-state index contributed by atoms with van der Waals surface area (Å²) in [5.74, 6) is -1.84. The van der Waals surface area contributed by atoms with Crippen LogP contribution in [-0.2, 0) is 29.3 Å². The predicted octanol–water partition coefficient (Wildman–Crippen LogP) is 5.90. The highest BCUT2D eigenvalue weighted by molar-refractivity contribution is 7.93. The van der Waals surface area contributed by atoms with E-state index >= 15 is 4.39 Å². The molecule has 0 aliphatic rings. The van der Waals surface area contributed by atoms with E-state index in [9.17, 15) is 22.5 Å². The number of sulfonamides is 1. The van der Waals surface area contributed by atoms with Crippen LogP contribution in [0.2, 0.25) is 10.0 Å². The van der Waals surface area contributed by atoms with E-state index in [1.807, 2.05) is 0 Å². The summed E-state index contributed by atoms with van der Waals surface area (Å²) in [5.41, 5.74) is 0.794. The van der Waals surface area contributed by atoms with E-state index in [-0.39, 0.29) is 50.5 Å². The number of nitrogens with one attached hydrogen (secondary N) is 4. The first-order valence-electron chi connectivity index (χ1n) is 13.5. The Kier molecular flexibility index (Phi) is 11.1. The molecule has 2 unspecified atom stereocenters. The zero-order chi connectivity index (χ0) is 33.6. The number of hydrogen-bond donors (Lipinski definition) is 5. The number of ether oxygens (including phenoxy) is 1. The monoisotopic (exact) mass is 710 g/mol. The Labute approximate surface area is 275 Å². The van der Waals surface area contributed by atoms with Crippen LogP contribution in [0.25, 0.3) is 11.1 Å². The van der Waals surface area contributed by atoms with Crippen LogP contribution in [0.5, 0.6) is 0 Å². The smallest absolute Gasteiger partial charge is 0.319 e. The molecule has 1 aromatic heterocycles. The number of nitrogens with zero attached hydrogens (tertiary/aromatic N) is 2. The molecule has 0 aliphatic carbocycles. The van der Waals surface area contributed by atoms with Crippen LogP contribution in [0.15, 0.2) is 76.7 Å². The maximum absolute atomic E-state index is 15.3. The van der Waals surface area contributed by atoms with E-state index in [0.717, 1.165) is 6.07 Å². The number of carbonyl (C=O) groups is 1. The Morgan fingerprint density at radius 3 is 2.48 bits per heavy atom. The van der Waals surface area contributed by atoms with Crippen molar-refractivity contribution in [1.29, 1.82) is 4.78 Å². The van der Waals surface area contributed by atoms with E-state index in [1.165, 1.54) is 48.7 Å². The van der Waals surface area contributed by atoms with Crippen molar-refractivity contribution in [2.45, 2.75) is 29.7 Å². The normalized spacial score (nSPS) is 13.3. The number of hydrogen-bond acceptors (Lipinski definition) is 11. The van der Waals surface area contributed by atoms with Crippen molar-refractivity contribution in [2.24, 2.45) is 0 Å². The van der Waals surface area contributed by atoms with Gasteiger partial charge in [0.05, 0.1) is 38.7 Å². The van der Waals surface area contributed by atoms with Gasteiger partial charge in [-0.25, -0.2) is 26.8 Å². The Balaban J connectivity index is 1.59. The van der Waals surface area contributed by atoms with Gasteiger partial charge in [-0.05, 0) is 67.9 Å². The molecule has 0 saturated carbocycles. The molecule has 17 heteroatoms. The molecular formula is C29H29Cl2FN6O6S2. The average Bonchev–Trinajstić information content (AvgIpc) is 2.99. The molecule has 3 aromatic carbocycles. The van der Waals surface area contributed by atoms with Gasteiger partial charge in [0, 0.05) is 28.4 Å². The third-order valence-electron chi connectivity index (χ3n) is 6.29. The van der Waals surface area contributed by atoms with Crippen molar-refractivity contribution >= 4 is 72.1 Å². The minimum atomic E-state index is -4.27. The van der Waals surface area contributed by atoms with Crippen molar-refractivity contribution in [3.63, 3.8) is 0 Å². The molecule has 4 aromatic rings. The van der Waals surface area contributed by atoms with E-state index in [0.29, 0.717) is 16.8 Å². The second-order valence-corrected chi connectivity index (χ2v) is 14.4. The summed E-state index contributed by atoms with van der Waals surface area (Å²) in [7, 11) is -7.69. The first-order valence-corrected chi connectivity index (χ1v) is 17.5. The van der Waals surface area contributed by atoms with Gasteiger partial charge in [-0.1, -0.05) is 35.3 Å². The SMILES string of the molecule is CCOC(=O)CS(=N)(=O)c1ccc(Nc2ncc(-c3ccc(NS(=O)(=O)c4cccc(Cl)c4Cl)c(F)c3)c(NC(C)CO)n2)cc1. The van der Waals surface area contributed by atoms with Crippen LogP contribution < -0.4 is 15.4 Å². The Hall–Kier alpha value is -4.02. The second-order valence-electron chi connectivity index (χ2n) is 9.81. The summed E-state index contributed by atoms with van der Waals surface area (Å²) in [6.45, 7) is 3.19. The van der Waals surface area contributed by atoms with E-state index in [2.05, 4.69) is 25.3 Å². The zero-order valence-corrected chi connectivity index (χ0v) is 27.5. The lowest BCUT2D eigenvalue weighted by Gasteiger charge is -2.17. The van der Waals surface area contributed by atoms with Gasteiger partial charge >= 0.3 is 5.97 Å². The molecule has 46 heavy (non-hydrogen) atoms. The number of carbonyl (C=O) groups excluding carboxylic acids is 1. The van der Waals surface area contributed by atoms with Crippen molar-refractivity contribution in [1.82, 2.24) is 9.97 Å². The lowest BCUT2D eigenvalue weighted by molar-refractivity contribution is -0.139. The third kappa shape index (κ3) is 8.41. The fraction of sp³-hybridized carbons (Fsp3) is 0.207. The van der Waals surface area contributed by atoms with Crippen LogP contribution in [0, 0.1) is 10.6 Å². The lowest BCUT2D eigenvalue weighted by atomic mass is 10.1. The third-order valence-corrected chi connectivity index (χ3v) is 10.3.